The number of carbonyl (C=O) groups is 2. The number of carbonyl (C=O) groups excluding carboxylic acids is 1. The number of pyridine rings is 1. The molecule has 0 aliphatic carbocycles. The molecule has 0 bridgehead atoms. The Hall–Kier alpha value is -1.95. The molecule has 6 nitrogen and oxygen atoms in total. The van der Waals surface area contributed by atoms with Gasteiger partial charge in [-0.15, -0.1) is 0 Å². The summed E-state index contributed by atoms with van der Waals surface area (Å²) < 4.78 is 0. The molecule has 0 aliphatic heterocycles. The first-order valence-corrected chi connectivity index (χ1v) is 4.78. The van der Waals surface area contributed by atoms with Crippen LogP contribution in [0.5, 0.6) is 0 Å². The highest BCUT2D eigenvalue weighted by Crippen LogP contribution is 1.95. The maximum absolute atomic E-state index is 11.5. The van der Waals surface area contributed by atoms with Crippen LogP contribution in [0, 0.1) is 0 Å². The van der Waals surface area contributed by atoms with Crippen LogP contribution in [-0.4, -0.2) is 34.6 Å². The number of rotatable bonds is 5. The van der Waals surface area contributed by atoms with E-state index in [0.717, 1.165) is 0 Å². The maximum Gasteiger partial charge on any atom is 0.320 e. The predicted molar refractivity (Wildman–Crippen MR) is 56.8 cm³/mol. The Balaban J connectivity index is 2.34. The van der Waals surface area contributed by atoms with Crippen LogP contribution in [0.4, 0.5) is 0 Å². The molecular formula is C10H13N3O3. The van der Waals surface area contributed by atoms with Crippen LogP contribution in [0.1, 0.15) is 16.8 Å². The highest BCUT2D eigenvalue weighted by atomic mass is 16.4. The Morgan fingerprint density at radius 1 is 1.56 bits per heavy atom. The normalized spacial score (nSPS) is 11.8. The number of aromatic nitrogens is 1. The van der Waals surface area contributed by atoms with Crippen LogP contribution < -0.4 is 11.1 Å². The second kappa shape index (κ2) is 5.82. The Labute approximate surface area is 92.5 Å². The van der Waals surface area contributed by atoms with Crippen LogP contribution in [0.25, 0.3) is 0 Å². The van der Waals surface area contributed by atoms with Crippen molar-refractivity contribution in [3.8, 4) is 0 Å². The lowest BCUT2D eigenvalue weighted by atomic mass is 10.2. The number of hydrogen-bond donors (Lipinski definition) is 3. The van der Waals surface area contributed by atoms with Crippen molar-refractivity contribution in [3.05, 3.63) is 30.1 Å². The van der Waals surface area contributed by atoms with Gasteiger partial charge in [0.25, 0.3) is 5.91 Å². The summed E-state index contributed by atoms with van der Waals surface area (Å²) in [6.45, 7) is 0.223. The maximum atomic E-state index is 11.5. The molecule has 0 spiro atoms. The topological polar surface area (TPSA) is 105 Å². The van der Waals surface area contributed by atoms with Crippen LogP contribution in [-0.2, 0) is 4.79 Å². The average Bonchev–Trinajstić information content (AvgIpc) is 2.29. The molecule has 1 unspecified atom stereocenters. The van der Waals surface area contributed by atoms with E-state index in [1.807, 2.05) is 0 Å². The molecule has 1 rings (SSSR count). The zero-order valence-electron chi connectivity index (χ0n) is 8.59. The smallest absolute Gasteiger partial charge is 0.320 e. The van der Waals surface area contributed by atoms with Gasteiger partial charge in [0.2, 0.25) is 0 Å². The third-order valence-electron chi connectivity index (χ3n) is 1.98. The molecule has 86 valence electrons. The number of nitrogens with two attached hydrogens (primary N) is 1. The SMILES string of the molecule is NC(CCNC(=O)c1cccnc1)C(=O)O. The summed E-state index contributed by atoms with van der Waals surface area (Å²) in [5, 5.41) is 11.1. The molecule has 4 N–H and O–H groups in total. The van der Waals surface area contributed by atoms with E-state index < -0.39 is 12.0 Å². The van der Waals surface area contributed by atoms with Crippen molar-refractivity contribution >= 4 is 11.9 Å². The monoisotopic (exact) mass is 223 g/mol. The molecular weight excluding hydrogens is 210 g/mol. The van der Waals surface area contributed by atoms with Gasteiger partial charge in [-0.25, -0.2) is 0 Å². The number of carboxylic acid groups (broad SMARTS) is 1. The van der Waals surface area contributed by atoms with Crippen LogP contribution in [0.2, 0.25) is 0 Å². The second-order valence-electron chi connectivity index (χ2n) is 3.23. The highest BCUT2D eigenvalue weighted by molar-refractivity contribution is 5.93. The zero-order chi connectivity index (χ0) is 12.0. The summed E-state index contributed by atoms with van der Waals surface area (Å²) >= 11 is 0. The van der Waals surface area contributed by atoms with Gasteiger partial charge < -0.3 is 16.2 Å². The molecule has 16 heavy (non-hydrogen) atoms. The number of carboxylic acids is 1. The van der Waals surface area contributed by atoms with Gasteiger partial charge in [-0.1, -0.05) is 0 Å². The van der Waals surface area contributed by atoms with E-state index in [-0.39, 0.29) is 18.9 Å². The third kappa shape index (κ3) is 3.66. The van der Waals surface area contributed by atoms with Gasteiger partial charge in [0.1, 0.15) is 6.04 Å². The first-order chi connectivity index (χ1) is 7.61. The number of nitrogens with zero attached hydrogens (tertiary/aromatic N) is 1. The molecule has 0 saturated heterocycles. The van der Waals surface area contributed by atoms with Crippen LogP contribution in [0.3, 0.4) is 0 Å². The largest absolute Gasteiger partial charge is 0.480 e. The minimum atomic E-state index is -1.07. The fourth-order valence-corrected chi connectivity index (χ4v) is 1.06. The summed E-state index contributed by atoms with van der Waals surface area (Å²) in [7, 11) is 0. The van der Waals surface area contributed by atoms with Gasteiger partial charge in [-0.05, 0) is 18.6 Å². The molecule has 0 saturated carbocycles. The minimum absolute atomic E-state index is 0.196. The number of amides is 1. The predicted octanol–water partition coefficient (Wildman–Crippen LogP) is -0.387. The van der Waals surface area contributed by atoms with E-state index in [0.29, 0.717) is 5.56 Å². The molecule has 1 aromatic heterocycles. The van der Waals surface area contributed by atoms with E-state index in [1.165, 1.54) is 6.20 Å². The van der Waals surface area contributed by atoms with Gasteiger partial charge in [-0.3, -0.25) is 14.6 Å². The molecule has 0 aliphatic rings. The first kappa shape index (κ1) is 12.1. The van der Waals surface area contributed by atoms with Gasteiger partial charge in [0.15, 0.2) is 0 Å². The quantitative estimate of drug-likeness (QED) is 0.630. The Bertz CT molecular complexity index is 367. The van der Waals surface area contributed by atoms with Gasteiger partial charge in [0, 0.05) is 18.9 Å². The van der Waals surface area contributed by atoms with Crippen LogP contribution >= 0.6 is 0 Å². The molecule has 1 heterocycles. The van der Waals surface area contributed by atoms with E-state index in [2.05, 4.69) is 10.3 Å². The lowest BCUT2D eigenvalue weighted by Crippen LogP contribution is -2.35. The Morgan fingerprint density at radius 3 is 2.88 bits per heavy atom. The number of hydrogen-bond acceptors (Lipinski definition) is 4. The Kier molecular flexibility index (Phi) is 4.41. The zero-order valence-corrected chi connectivity index (χ0v) is 8.59. The Morgan fingerprint density at radius 2 is 2.31 bits per heavy atom. The van der Waals surface area contributed by atoms with Gasteiger partial charge in [0.05, 0.1) is 5.56 Å². The van der Waals surface area contributed by atoms with E-state index >= 15 is 0 Å². The summed E-state index contributed by atoms with van der Waals surface area (Å²) in [5.41, 5.74) is 5.71. The van der Waals surface area contributed by atoms with E-state index in [9.17, 15) is 9.59 Å². The molecule has 0 fully saturated rings. The molecule has 1 atom stereocenters. The van der Waals surface area contributed by atoms with Gasteiger partial charge in [-0.2, -0.15) is 0 Å². The minimum Gasteiger partial charge on any atom is -0.480 e. The standard InChI is InChI=1S/C10H13N3O3/c11-8(10(15)16)3-5-13-9(14)7-2-1-4-12-6-7/h1-2,4,6,8H,3,5,11H2,(H,13,14)(H,15,16). The summed E-state index contributed by atoms with van der Waals surface area (Å²) in [6.07, 6.45) is 3.20. The fraction of sp³-hybridized carbons (Fsp3) is 0.300. The first-order valence-electron chi connectivity index (χ1n) is 4.78. The van der Waals surface area contributed by atoms with Crippen molar-refractivity contribution in [2.75, 3.05) is 6.54 Å². The van der Waals surface area contributed by atoms with Crippen molar-refractivity contribution in [2.45, 2.75) is 12.5 Å². The van der Waals surface area contributed by atoms with Crippen LogP contribution in [0.15, 0.2) is 24.5 Å². The molecule has 1 amide bonds. The van der Waals surface area contributed by atoms with E-state index in [4.69, 9.17) is 10.8 Å². The van der Waals surface area contributed by atoms with E-state index in [1.54, 1.807) is 18.3 Å². The van der Waals surface area contributed by atoms with Crippen molar-refractivity contribution in [2.24, 2.45) is 5.73 Å². The lowest BCUT2D eigenvalue weighted by Gasteiger charge is -2.07. The second-order valence-corrected chi connectivity index (χ2v) is 3.23. The summed E-state index contributed by atoms with van der Waals surface area (Å²) in [5.74, 6) is -1.36. The van der Waals surface area contributed by atoms with Crippen molar-refractivity contribution < 1.29 is 14.7 Å². The molecule has 0 radical (unpaired) electrons. The van der Waals surface area contributed by atoms with Gasteiger partial charge >= 0.3 is 5.97 Å². The average molecular weight is 223 g/mol. The fourth-order valence-electron chi connectivity index (χ4n) is 1.06. The summed E-state index contributed by atoms with van der Waals surface area (Å²) in [6, 6.07) is 2.33. The highest BCUT2D eigenvalue weighted by Gasteiger charge is 2.11. The van der Waals surface area contributed by atoms with Crippen molar-refractivity contribution in [1.29, 1.82) is 0 Å². The lowest BCUT2D eigenvalue weighted by molar-refractivity contribution is -0.138. The molecule has 6 heteroatoms. The summed E-state index contributed by atoms with van der Waals surface area (Å²) in [4.78, 5) is 25.7. The van der Waals surface area contributed by atoms with Crippen molar-refractivity contribution in [3.63, 3.8) is 0 Å². The van der Waals surface area contributed by atoms with Crippen molar-refractivity contribution in [1.82, 2.24) is 10.3 Å². The molecule has 0 aromatic carbocycles. The molecule has 1 aromatic rings. The number of aliphatic carboxylic acids is 1. The number of nitrogens with one attached hydrogen (secondary N) is 1. The third-order valence-corrected chi connectivity index (χ3v) is 1.98.